The normalized spacial score (nSPS) is 17.8. The van der Waals surface area contributed by atoms with E-state index in [1.165, 1.54) is 22.3 Å². The summed E-state index contributed by atoms with van der Waals surface area (Å²) in [6.07, 6.45) is 0.436. The molecule has 3 aromatic carbocycles. The first-order valence-corrected chi connectivity index (χ1v) is 10.8. The Labute approximate surface area is 184 Å². The van der Waals surface area contributed by atoms with Gasteiger partial charge in [-0.05, 0) is 41.8 Å². The van der Waals surface area contributed by atoms with E-state index >= 15 is 0 Å². The third kappa shape index (κ3) is 4.92. The summed E-state index contributed by atoms with van der Waals surface area (Å²) in [6.45, 7) is 3.31. The highest BCUT2D eigenvalue weighted by Gasteiger charge is 2.33. The molecule has 4 heteroatoms. The van der Waals surface area contributed by atoms with Crippen LogP contribution in [0.4, 0.5) is 0 Å². The average molecular weight is 419 g/mol. The molecule has 2 atom stereocenters. The molecule has 0 fully saturated rings. The Bertz CT molecular complexity index is 964. The van der Waals surface area contributed by atoms with Gasteiger partial charge in [0.25, 0.3) is 0 Å². The number of methoxy groups -OCH3 is 2. The fourth-order valence-corrected chi connectivity index (χ4v) is 4.29. The van der Waals surface area contributed by atoms with Gasteiger partial charge < -0.3 is 18.9 Å². The van der Waals surface area contributed by atoms with Crippen molar-refractivity contribution in [2.75, 3.05) is 27.4 Å². The maximum Gasteiger partial charge on any atom is 0.160 e. The van der Waals surface area contributed by atoms with Crippen LogP contribution in [0.15, 0.2) is 72.8 Å². The lowest BCUT2D eigenvalue weighted by Crippen LogP contribution is -2.25. The van der Waals surface area contributed by atoms with Gasteiger partial charge >= 0.3 is 0 Å². The highest BCUT2D eigenvalue weighted by molar-refractivity contribution is 5.49. The Morgan fingerprint density at radius 1 is 0.903 bits per heavy atom. The minimum Gasteiger partial charge on any atom is -0.493 e. The van der Waals surface area contributed by atoms with Crippen molar-refractivity contribution in [3.8, 4) is 11.5 Å². The second-order valence-electron chi connectivity index (χ2n) is 7.95. The summed E-state index contributed by atoms with van der Waals surface area (Å²) in [5, 5.41) is 0. The van der Waals surface area contributed by atoms with E-state index in [0.717, 1.165) is 11.5 Å². The van der Waals surface area contributed by atoms with Crippen LogP contribution in [0, 0.1) is 6.92 Å². The van der Waals surface area contributed by atoms with Crippen LogP contribution in [0.5, 0.6) is 11.5 Å². The Balaban J connectivity index is 1.59. The van der Waals surface area contributed by atoms with Crippen LogP contribution >= 0.6 is 0 Å². The molecule has 0 aromatic heterocycles. The molecule has 3 aromatic rings. The summed E-state index contributed by atoms with van der Waals surface area (Å²) >= 11 is 0. The average Bonchev–Trinajstić information content (AvgIpc) is 2.82. The largest absolute Gasteiger partial charge is 0.493 e. The van der Waals surface area contributed by atoms with Crippen LogP contribution in [-0.4, -0.2) is 33.7 Å². The van der Waals surface area contributed by atoms with E-state index in [4.69, 9.17) is 18.9 Å². The Kier molecular flexibility index (Phi) is 6.90. The molecule has 0 radical (unpaired) electrons. The van der Waals surface area contributed by atoms with Crippen molar-refractivity contribution in [2.24, 2.45) is 0 Å². The molecular formula is C27H30O4. The van der Waals surface area contributed by atoms with Crippen molar-refractivity contribution in [3.05, 3.63) is 95.1 Å². The van der Waals surface area contributed by atoms with E-state index in [-0.39, 0.29) is 18.1 Å². The summed E-state index contributed by atoms with van der Waals surface area (Å²) in [6, 6.07) is 25.6. The molecule has 0 unspecified atom stereocenters. The first-order chi connectivity index (χ1) is 15.2. The van der Waals surface area contributed by atoms with Gasteiger partial charge in [-0.25, -0.2) is 0 Å². The third-order valence-corrected chi connectivity index (χ3v) is 5.94. The van der Waals surface area contributed by atoms with Crippen LogP contribution in [0.3, 0.4) is 0 Å². The number of fused-ring (bicyclic) bond motifs is 1. The smallest absolute Gasteiger partial charge is 0.160 e. The standard InChI is InChI=1S/C27H30O4/c1-19-9-14-23-25(17-19)31-18-24(20-7-5-4-6-8-20)27(23)21-10-12-22(13-11-21)30-16-15-26(28-2)29-3/h4-14,17,24,26-27H,15-16,18H2,1-3H3/t24-,27-/m1/s1. The molecule has 31 heavy (non-hydrogen) atoms. The summed E-state index contributed by atoms with van der Waals surface area (Å²) in [5.41, 5.74) is 5.01. The van der Waals surface area contributed by atoms with Crippen molar-refractivity contribution in [2.45, 2.75) is 31.5 Å². The molecule has 0 aliphatic carbocycles. The van der Waals surface area contributed by atoms with E-state index in [9.17, 15) is 0 Å². The molecule has 4 nitrogen and oxygen atoms in total. The summed E-state index contributed by atoms with van der Waals surface area (Å²) in [7, 11) is 3.28. The van der Waals surface area contributed by atoms with Crippen LogP contribution in [0.25, 0.3) is 0 Å². The molecule has 0 bridgehead atoms. The summed E-state index contributed by atoms with van der Waals surface area (Å²) < 4.78 is 22.5. The lowest BCUT2D eigenvalue weighted by Gasteiger charge is -2.34. The van der Waals surface area contributed by atoms with Gasteiger partial charge in [0.15, 0.2) is 6.29 Å². The molecule has 0 saturated heterocycles. The highest BCUT2D eigenvalue weighted by atomic mass is 16.7. The van der Waals surface area contributed by atoms with Crippen molar-refractivity contribution < 1.29 is 18.9 Å². The topological polar surface area (TPSA) is 36.9 Å². The van der Waals surface area contributed by atoms with Gasteiger partial charge in [0.05, 0.1) is 13.2 Å². The predicted molar refractivity (Wildman–Crippen MR) is 122 cm³/mol. The molecule has 4 rings (SSSR count). The molecule has 0 saturated carbocycles. The second kappa shape index (κ2) is 9.99. The summed E-state index contributed by atoms with van der Waals surface area (Å²) in [4.78, 5) is 0. The maximum atomic E-state index is 6.20. The van der Waals surface area contributed by atoms with Gasteiger partial charge in [-0.1, -0.05) is 54.6 Å². The zero-order valence-corrected chi connectivity index (χ0v) is 18.4. The van der Waals surface area contributed by atoms with Crippen molar-refractivity contribution in [1.82, 2.24) is 0 Å². The van der Waals surface area contributed by atoms with E-state index in [2.05, 4.69) is 79.7 Å². The van der Waals surface area contributed by atoms with Gasteiger partial charge in [0, 0.05) is 38.0 Å². The Morgan fingerprint density at radius 3 is 2.35 bits per heavy atom. The van der Waals surface area contributed by atoms with Crippen molar-refractivity contribution in [1.29, 1.82) is 0 Å². The quantitative estimate of drug-likeness (QED) is 0.440. The monoisotopic (exact) mass is 418 g/mol. The molecule has 0 amide bonds. The van der Waals surface area contributed by atoms with Gasteiger partial charge in [0.2, 0.25) is 0 Å². The maximum absolute atomic E-state index is 6.20. The highest BCUT2D eigenvalue weighted by Crippen LogP contribution is 2.46. The lowest BCUT2D eigenvalue weighted by atomic mass is 9.76. The molecule has 0 spiro atoms. The van der Waals surface area contributed by atoms with Crippen LogP contribution in [-0.2, 0) is 9.47 Å². The number of hydrogen-bond donors (Lipinski definition) is 0. The zero-order valence-electron chi connectivity index (χ0n) is 18.4. The zero-order chi connectivity index (χ0) is 21.6. The third-order valence-electron chi connectivity index (χ3n) is 5.94. The van der Waals surface area contributed by atoms with Gasteiger partial charge in [-0.3, -0.25) is 0 Å². The van der Waals surface area contributed by atoms with E-state index in [0.29, 0.717) is 19.6 Å². The van der Waals surface area contributed by atoms with E-state index < -0.39 is 0 Å². The Hall–Kier alpha value is -2.82. The molecule has 1 aliphatic rings. The first kappa shape index (κ1) is 21.4. The molecule has 0 N–H and O–H groups in total. The minimum absolute atomic E-state index is 0.229. The van der Waals surface area contributed by atoms with Crippen molar-refractivity contribution >= 4 is 0 Å². The second-order valence-corrected chi connectivity index (χ2v) is 7.95. The molecule has 162 valence electrons. The SMILES string of the molecule is COC(CCOc1ccc([C@@H]2c3ccc(C)cc3OC[C@@H]2c2ccccc2)cc1)OC. The molecule has 1 heterocycles. The Morgan fingerprint density at radius 2 is 1.65 bits per heavy atom. The minimum atomic E-state index is -0.242. The number of aryl methyl sites for hydroxylation is 1. The number of ether oxygens (including phenoxy) is 4. The lowest BCUT2D eigenvalue weighted by molar-refractivity contribution is -0.110. The summed E-state index contributed by atoms with van der Waals surface area (Å²) in [5.74, 6) is 2.32. The predicted octanol–water partition coefficient (Wildman–Crippen LogP) is 5.69. The van der Waals surface area contributed by atoms with Crippen LogP contribution < -0.4 is 9.47 Å². The van der Waals surface area contributed by atoms with Gasteiger partial charge in [-0.2, -0.15) is 0 Å². The van der Waals surface area contributed by atoms with Gasteiger partial charge in [-0.15, -0.1) is 0 Å². The van der Waals surface area contributed by atoms with E-state index in [1.54, 1.807) is 14.2 Å². The fraction of sp³-hybridized carbons (Fsp3) is 0.333. The fourth-order valence-electron chi connectivity index (χ4n) is 4.29. The number of rotatable bonds is 8. The van der Waals surface area contributed by atoms with Crippen molar-refractivity contribution in [3.63, 3.8) is 0 Å². The van der Waals surface area contributed by atoms with E-state index in [1.807, 2.05) is 0 Å². The number of hydrogen-bond acceptors (Lipinski definition) is 4. The molecular weight excluding hydrogens is 388 g/mol. The first-order valence-electron chi connectivity index (χ1n) is 10.8. The van der Waals surface area contributed by atoms with Crippen LogP contribution in [0.2, 0.25) is 0 Å². The molecule has 1 aliphatic heterocycles. The van der Waals surface area contributed by atoms with Gasteiger partial charge in [0.1, 0.15) is 11.5 Å². The number of benzene rings is 3. The van der Waals surface area contributed by atoms with Crippen LogP contribution in [0.1, 0.15) is 40.5 Å².